The summed E-state index contributed by atoms with van der Waals surface area (Å²) in [5.74, 6) is 1.06. The summed E-state index contributed by atoms with van der Waals surface area (Å²) < 4.78 is 5.73. The Balaban J connectivity index is 1.85. The summed E-state index contributed by atoms with van der Waals surface area (Å²) in [5, 5.41) is 5.03. The van der Waals surface area contributed by atoms with Gasteiger partial charge < -0.3 is 10.1 Å². The van der Waals surface area contributed by atoms with Gasteiger partial charge in [-0.05, 0) is 49.8 Å². The molecule has 2 aliphatic heterocycles. The molecule has 0 aliphatic carbocycles. The predicted octanol–water partition coefficient (Wildman–Crippen LogP) is 4.25. The largest absolute Gasteiger partial charge is 0.381 e. The van der Waals surface area contributed by atoms with Crippen LogP contribution in [0.5, 0.6) is 0 Å². The summed E-state index contributed by atoms with van der Waals surface area (Å²) in [4.78, 5) is 0. The van der Waals surface area contributed by atoms with E-state index < -0.39 is 0 Å². The van der Waals surface area contributed by atoms with Crippen molar-refractivity contribution in [2.45, 2.75) is 44.2 Å². The Labute approximate surface area is 130 Å². The molecule has 1 aromatic rings. The molecule has 2 nitrogen and oxygen atoms in total. The van der Waals surface area contributed by atoms with E-state index in [-0.39, 0.29) is 0 Å². The van der Waals surface area contributed by atoms with Crippen molar-refractivity contribution in [3.63, 3.8) is 0 Å². The molecule has 110 valence electrons. The summed E-state index contributed by atoms with van der Waals surface area (Å²) in [6, 6.07) is 7.32. The monoisotopic (exact) mass is 313 g/mol. The zero-order valence-electron chi connectivity index (χ0n) is 11.7. The number of piperidine rings is 1. The lowest BCUT2D eigenvalue weighted by atomic mass is 9.77. The van der Waals surface area contributed by atoms with E-state index in [2.05, 4.69) is 18.3 Å². The minimum absolute atomic E-state index is 0.523. The van der Waals surface area contributed by atoms with Gasteiger partial charge in [-0.15, -0.1) is 0 Å². The Kier molecular flexibility index (Phi) is 4.56. The van der Waals surface area contributed by atoms with Gasteiger partial charge in [0.05, 0.1) is 16.7 Å². The van der Waals surface area contributed by atoms with Gasteiger partial charge in [0.15, 0.2) is 0 Å². The van der Waals surface area contributed by atoms with Crippen molar-refractivity contribution >= 4 is 23.2 Å². The molecule has 20 heavy (non-hydrogen) atoms. The van der Waals surface area contributed by atoms with E-state index >= 15 is 0 Å². The number of ether oxygens (including phenoxy) is 1. The molecule has 2 fully saturated rings. The average molecular weight is 314 g/mol. The van der Waals surface area contributed by atoms with Gasteiger partial charge in [0.1, 0.15) is 0 Å². The summed E-state index contributed by atoms with van der Waals surface area (Å²) >= 11 is 12.2. The van der Waals surface area contributed by atoms with Crippen molar-refractivity contribution in [1.29, 1.82) is 0 Å². The molecule has 2 heterocycles. The van der Waals surface area contributed by atoms with Crippen molar-refractivity contribution in [3.8, 4) is 0 Å². The lowest BCUT2D eigenvalue weighted by Gasteiger charge is -2.38. The van der Waals surface area contributed by atoms with Crippen LogP contribution in [0.4, 0.5) is 0 Å². The first-order valence-electron chi connectivity index (χ1n) is 7.47. The van der Waals surface area contributed by atoms with Crippen molar-refractivity contribution < 1.29 is 4.74 Å². The Hall–Kier alpha value is -0.280. The van der Waals surface area contributed by atoms with Crippen molar-refractivity contribution in [2.24, 2.45) is 5.92 Å². The summed E-state index contributed by atoms with van der Waals surface area (Å²) in [6.45, 7) is 3.66. The van der Waals surface area contributed by atoms with Crippen LogP contribution in [0.15, 0.2) is 18.2 Å². The van der Waals surface area contributed by atoms with Crippen LogP contribution < -0.4 is 5.32 Å². The molecule has 0 aromatic heterocycles. The van der Waals surface area contributed by atoms with Gasteiger partial charge in [0.25, 0.3) is 0 Å². The van der Waals surface area contributed by atoms with Gasteiger partial charge >= 0.3 is 0 Å². The van der Waals surface area contributed by atoms with Crippen LogP contribution in [0.1, 0.15) is 37.7 Å². The Morgan fingerprint density at radius 2 is 2.10 bits per heavy atom. The van der Waals surface area contributed by atoms with E-state index in [1.54, 1.807) is 0 Å². The third-order valence-electron chi connectivity index (χ3n) is 4.73. The quantitative estimate of drug-likeness (QED) is 0.897. The highest BCUT2D eigenvalue weighted by Crippen LogP contribution is 2.42. The summed E-state index contributed by atoms with van der Waals surface area (Å²) in [5.41, 5.74) is 1.31. The number of fused-ring (bicyclic) bond motifs is 2. The number of benzene rings is 1. The maximum atomic E-state index is 6.19. The lowest BCUT2D eigenvalue weighted by molar-refractivity contribution is 0.0723. The molecule has 3 rings (SSSR count). The molecule has 2 bridgehead atoms. The minimum atomic E-state index is 0.523. The number of nitrogens with one attached hydrogen (secondary N) is 1. The molecule has 4 heteroatoms. The average Bonchev–Trinajstić information content (AvgIpc) is 2.83. The topological polar surface area (TPSA) is 21.3 Å². The smallest absolute Gasteiger partial charge is 0.0595 e. The second-order valence-electron chi connectivity index (χ2n) is 5.89. The Morgan fingerprint density at radius 3 is 2.85 bits per heavy atom. The van der Waals surface area contributed by atoms with Crippen molar-refractivity contribution in [3.05, 3.63) is 33.8 Å². The molecule has 0 saturated carbocycles. The predicted molar refractivity (Wildman–Crippen MR) is 83.7 cm³/mol. The van der Waals surface area contributed by atoms with Crippen LogP contribution in [0.3, 0.4) is 0 Å². The van der Waals surface area contributed by atoms with Gasteiger partial charge in [-0.25, -0.2) is 0 Å². The molecule has 0 spiro atoms. The summed E-state index contributed by atoms with van der Waals surface area (Å²) in [7, 11) is 0. The fourth-order valence-electron chi connectivity index (χ4n) is 3.75. The van der Waals surface area contributed by atoms with Crippen LogP contribution in [0, 0.1) is 5.92 Å². The molecule has 0 radical (unpaired) electrons. The first-order valence-corrected chi connectivity index (χ1v) is 8.23. The third-order valence-corrected chi connectivity index (χ3v) is 5.47. The van der Waals surface area contributed by atoms with Gasteiger partial charge in [-0.1, -0.05) is 29.3 Å². The van der Waals surface area contributed by atoms with Crippen molar-refractivity contribution in [1.82, 2.24) is 5.32 Å². The van der Waals surface area contributed by atoms with Gasteiger partial charge in [-0.2, -0.15) is 0 Å². The maximum Gasteiger partial charge on any atom is 0.0595 e. The minimum Gasteiger partial charge on any atom is -0.381 e. The molecular weight excluding hydrogens is 293 g/mol. The molecule has 1 N–H and O–H groups in total. The van der Waals surface area contributed by atoms with E-state index in [4.69, 9.17) is 27.9 Å². The van der Waals surface area contributed by atoms with Crippen LogP contribution in [0.2, 0.25) is 10.0 Å². The van der Waals surface area contributed by atoms with E-state index in [1.807, 2.05) is 12.1 Å². The number of hydrogen-bond donors (Lipinski definition) is 1. The highest BCUT2D eigenvalue weighted by molar-refractivity contribution is 6.42. The molecular formula is C16H21Cl2NO. The third kappa shape index (κ3) is 2.85. The molecule has 1 aromatic carbocycles. The molecule has 2 saturated heterocycles. The Bertz CT molecular complexity index is 480. The first kappa shape index (κ1) is 14.6. The first-order chi connectivity index (χ1) is 9.69. The summed E-state index contributed by atoms with van der Waals surface area (Å²) in [6.07, 6.45) is 3.72. The lowest BCUT2D eigenvalue weighted by Crippen LogP contribution is -2.46. The standard InChI is InChI=1S/C16H21Cl2NO/c1-2-20-9-13-12(8-11-4-6-16(13)19-11)10-3-5-14(17)15(18)7-10/h3,5,7,11-13,16,19H,2,4,6,8-9H2,1H3/t11?,12?,13-,16?/m1/s1. The number of hydrogen-bond acceptors (Lipinski definition) is 2. The zero-order chi connectivity index (χ0) is 14.1. The number of halogens is 2. The van der Waals surface area contributed by atoms with E-state index in [1.165, 1.54) is 24.8 Å². The van der Waals surface area contributed by atoms with E-state index in [0.29, 0.717) is 34.0 Å². The zero-order valence-corrected chi connectivity index (χ0v) is 13.3. The second kappa shape index (κ2) is 6.23. The molecule has 4 atom stereocenters. The second-order valence-corrected chi connectivity index (χ2v) is 6.70. The Morgan fingerprint density at radius 1 is 1.25 bits per heavy atom. The fourth-order valence-corrected chi connectivity index (χ4v) is 4.05. The van der Waals surface area contributed by atoms with Crippen LogP contribution in [-0.2, 0) is 4.74 Å². The number of rotatable bonds is 4. The van der Waals surface area contributed by atoms with E-state index in [9.17, 15) is 0 Å². The van der Waals surface area contributed by atoms with Crippen LogP contribution >= 0.6 is 23.2 Å². The molecule has 2 aliphatic rings. The maximum absolute atomic E-state index is 6.19. The van der Waals surface area contributed by atoms with Crippen molar-refractivity contribution in [2.75, 3.05) is 13.2 Å². The molecule has 0 amide bonds. The highest BCUT2D eigenvalue weighted by Gasteiger charge is 2.42. The van der Waals surface area contributed by atoms with Gasteiger partial charge in [-0.3, -0.25) is 0 Å². The van der Waals surface area contributed by atoms with E-state index in [0.717, 1.165) is 13.2 Å². The van der Waals surface area contributed by atoms with Crippen LogP contribution in [-0.4, -0.2) is 25.3 Å². The van der Waals surface area contributed by atoms with Crippen LogP contribution in [0.25, 0.3) is 0 Å². The highest BCUT2D eigenvalue weighted by atomic mass is 35.5. The van der Waals surface area contributed by atoms with Gasteiger partial charge in [0, 0.05) is 24.6 Å². The van der Waals surface area contributed by atoms with Gasteiger partial charge in [0.2, 0.25) is 0 Å². The fraction of sp³-hybridized carbons (Fsp3) is 0.625. The molecule has 3 unspecified atom stereocenters. The SMILES string of the molecule is CCOC[C@H]1C2CCC(CC1c1ccc(Cl)c(Cl)c1)N2. The normalized spacial score (nSPS) is 32.5.